The van der Waals surface area contributed by atoms with Crippen molar-refractivity contribution in [1.29, 1.82) is 0 Å². The number of hydrogen-bond donors (Lipinski definition) is 1. The minimum absolute atomic E-state index is 0.0886. The van der Waals surface area contributed by atoms with Gasteiger partial charge in [0.2, 0.25) is 0 Å². The van der Waals surface area contributed by atoms with E-state index in [2.05, 4.69) is 24.0 Å². The fourth-order valence-corrected chi connectivity index (χ4v) is 1.78. The summed E-state index contributed by atoms with van der Waals surface area (Å²) in [6.07, 6.45) is 1.85. The quantitative estimate of drug-likeness (QED) is 0.831. The van der Waals surface area contributed by atoms with E-state index in [0.29, 0.717) is 0 Å². The third-order valence-electron chi connectivity index (χ3n) is 2.82. The molecule has 2 heteroatoms. The van der Waals surface area contributed by atoms with E-state index in [1.165, 1.54) is 5.56 Å². The van der Waals surface area contributed by atoms with Crippen molar-refractivity contribution < 1.29 is 0 Å². The van der Waals surface area contributed by atoms with Crippen LogP contribution in [0.25, 0.3) is 0 Å². The Morgan fingerprint density at radius 1 is 1.06 bits per heavy atom. The van der Waals surface area contributed by atoms with Gasteiger partial charge in [-0.3, -0.25) is 4.98 Å². The molecule has 0 bridgehead atoms. The highest BCUT2D eigenvalue weighted by atomic mass is 14.7. The van der Waals surface area contributed by atoms with Crippen molar-refractivity contribution in [1.82, 2.24) is 4.98 Å². The van der Waals surface area contributed by atoms with Crippen molar-refractivity contribution in [3.63, 3.8) is 0 Å². The molecule has 2 N–H and O–H groups in total. The van der Waals surface area contributed by atoms with Crippen molar-refractivity contribution in [2.24, 2.45) is 5.73 Å². The van der Waals surface area contributed by atoms with Gasteiger partial charge in [0.25, 0.3) is 0 Å². The molecule has 0 saturated carbocycles. The Bertz CT molecular complexity index is 474. The summed E-state index contributed by atoms with van der Waals surface area (Å²) < 4.78 is 0. The Kier molecular flexibility index (Phi) is 3.02. The molecule has 82 valence electrons. The lowest BCUT2D eigenvalue weighted by molar-refractivity contribution is 0.851. The predicted octanol–water partition coefficient (Wildman–Crippen LogP) is 2.75. The van der Waals surface area contributed by atoms with Crippen LogP contribution in [0.5, 0.6) is 0 Å². The van der Waals surface area contributed by atoms with Gasteiger partial charge in [0.05, 0.1) is 6.04 Å². The topological polar surface area (TPSA) is 38.9 Å². The number of nitrogens with two attached hydrogens (primary N) is 1. The summed E-state index contributed by atoms with van der Waals surface area (Å²) in [5.74, 6) is 0. The molecular weight excluding hydrogens is 196 g/mol. The van der Waals surface area contributed by atoms with E-state index in [1.807, 2.05) is 37.4 Å². The van der Waals surface area contributed by atoms with Crippen molar-refractivity contribution >= 4 is 0 Å². The number of aromatic nitrogens is 1. The van der Waals surface area contributed by atoms with E-state index in [1.54, 1.807) is 0 Å². The molecule has 1 unspecified atom stereocenters. The first-order valence-corrected chi connectivity index (χ1v) is 5.42. The molecule has 0 amide bonds. The molecule has 1 aromatic heterocycles. The molecule has 0 aliphatic heterocycles. The van der Waals surface area contributed by atoms with E-state index >= 15 is 0 Å². The highest BCUT2D eigenvalue weighted by Gasteiger charge is 2.10. The van der Waals surface area contributed by atoms with Crippen LogP contribution < -0.4 is 5.73 Å². The van der Waals surface area contributed by atoms with Crippen LogP contribution in [0.1, 0.15) is 28.4 Å². The average molecular weight is 212 g/mol. The Labute approximate surface area is 96.1 Å². The predicted molar refractivity (Wildman–Crippen MR) is 66.2 cm³/mol. The lowest BCUT2D eigenvalue weighted by Crippen LogP contribution is -2.13. The smallest absolute Gasteiger partial charge is 0.0569 e. The van der Waals surface area contributed by atoms with E-state index in [0.717, 1.165) is 16.8 Å². The second-order valence-corrected chi connectivity index (χ2v) is 4.07. The van der Waals surface area contributed by atoms with E-state index in [4.69, 9.17) is 5.73 Å². The number of aryl methyl sites for hydroxylation is 2. The maximum atomic E-state index is 6.23. The van der Waals surface area contributed by atoms with Crippen molar-refractivity contribution in [3.05, 3.63) is 65.0 Å². The largest absolute Gasteiger partial charge is 0.320 e. The molecule has 1 heterocycles. The third kappa shape index (κ3) is 2.12. The Morgan fingerprint density at radius 3 is 2.44 bits per heavy atom. The molecule has 2 aromatic rings. The fraction of sp³-hybridized carbons (Fsp3) is 0.214. The van der Waals surface area contributed by atoms with E-state index in [9.17, 15) is 0 Å². The highest BCUT2D eigenvalue weighted by Crippen LogP contribution is 2.21. The molecule has 0 saturated heterocycles. The molecule has 2 rings (SSSR count). The molecule has 0 aliphatic carbocycles. The summed E-state index contributed by atoms with van der Waals surface area (Å²) >= 11 is 0. The van der Waals surface area contributed by atoms with Crippen LogP contribution in [0.3, 0.4) is 0 Å². The van der Waals surface area contributed by atoms with Crippen molar-refractivity contribution in [2.75, 3.05) is 0 Å². The van der Waals surface area contributed by atoms with Gasteiger partial charge in [-0.1, -0.05) is 30.3 Å². The minimum atomic E-state index is -0.0886. The Morgan fingerprint density at radius 2 is 1.81 bits per heavy atom. The summed E-state index contributed by atoms with van der Waals surface area (Å²) in [7, 11) is 0. The van der Waals surface area contributed by atoms with Crippen LogP contribution in [0.15, 0.2) is 42.6 Å². The second-order valence-electron chi connectivity index (χ2n) is 4.07. The molecule has 0 fully saturated rings. The molecular formula is C14H16N2. The normalized spacial score (nSPS) is 12.4. The van der Waals surface area contributed by atoms with Crippen LogP contribution in [-0.4, -0.2) is 4.98 Å². The summed E-state index contributed by atoms with van der Waals surface area (Å²) in [6.45, 7) is 4.06. The van der Waals surface area contributed by atoms with Gasteiger partial charge in [-0.05, 0) is 36.6 Å². The molecule has 0 radical (unpaired) electrons. The van der Waals surface area contributed by atoms with Crippen LogP contribution in [0.2, 0.25) is 0 Å². The Hall–Kier alpha value is -1.67. The van der Waals surface area contributed by atoms with Gasteiger partial charge >= 0.3 is 0 Å². The van der Waals surface area contributed by atoms with Crippen LogP contribution in [-0.2, 0) is 0 Å². The standard InChI is InChI=1S/C14H16N2/c1-10-5-3-4-6-13(10)14(15)12-8-7-11(2)16-9-12/h3-9,14H,15H2,1-2H3. The molecule has 0 spiro atoms. The summed E-state index contributed by atoms with van der Waals surface area (Å²) in [4.78, 5) is 4.28. The average Bonchev–Trinajstić information content (AvgIpc) is 2.30. The van der Waals surface area contributed by atoms with Crippen LogP contribution >= 0.6 is 0 Å². The van der Waals surface area contributed by atoms with Gasteiger partial charge in [-0.2, -0.15) is 0 Å². The molecule has 16 heavy (non-hydrogen) atoms. The highest BCUT2D eigenvalue weighted by molar-refractivity contribution is 5.35. The lowest BCUT2D eigenvalue weighted by Gasteiger charge is -2.14. The van der Waals surface area contributed by atoms with Gasteiger partial charge in [-0.15, -0.1) is 0 Å². The third-order valence-corrected chi connectivity index (χ3v) is 2.82. The Balaban J connectivity index is 2.35. The molecule has 1 aromatic carbocycles. The minimum Gasteiger partial charge on any atom is -0.320 e. The first kappa shape index (κ1) is 10.8. The van der Waals surface area contributed by atoms with Gasteiger partial charge < -0.3 is 5.73 Å². The lowest BCUT2D eigenvalue weighted by atomic mass is 9.97. The number of nitrogens with zero attached hydrogens (tertiary/aromatic N) is 1. The number of rotatable bonds is 2. The first-order chi connectivity index (χ1) is 7.68. The summed E-state index contributed by atoms with van der Waals surface area (Å²) in [5, 5.41) is 0. The zero-order valence-electron chi connectivity index (χ0n) is 9.64. The van der Waals surface area contributed by atoms with E-state index in [-0.39, 0.29) is 6.04 Å². The summed E-state index contributed by atoms with van der Waals surface area (Å²) in [6, 6.07) is 12.1. The zero-order valence-corrected chi connectivity index (χ0v) is 9.64. The maximum absolute atomic E-state index is 6.23. The van der Waals surface area contributed by atoms with Gasteiger partial charge in [0.15, 0.2) is 0 Å². The number of pyridine rings is 1. The summed E-state index contributed by atoms with van der Waals surface area (Å²) in [5.41, 5.74) is 10.7. The van der Waals surface area contributed by atoms with Crippen molar-refractivity contribution in [3.8, 4) is 0 Å². The number of benzene rings is 1. The first-order valence-electron chi connectivity index (χ1n) is 5.42. The maximum Gasteiger partial charge on any atom is 0.0569 e. The molecule has 2 nitrogen and oxygen atoms in total. The van der Waals surface area contributed by atoms with Gasteiger partial charge in [0, 0.05) is 11.9 Å². The molecule has 0 aliphatic rings. The SMILES string of the molecule is Cc1ccc(C(N)c2ccccc2C)cn1. The van der Waals surface area contributed by atoms with Crippen LogP contribution in [0.4, 0.5) is 0 Å². The monoisotopic (exact) mass is 212 g/mol. The molecule has 1 atom stereocenters. The van der Waals surface area contributed by atoms with Gasteiger partial charge in [-0.25, -0.2) is 0 Å². The van der Waals surface area contributed by atoms with Gasteiger partial charge in [0.1, 0.15) is 0 Å². The van der Waals surface area contributed by atoms with Crippen LogP contribution in [0, 0.1) is 13.8 Å². The fourth-order valence-electron chi connectivity index (χ4n) is 1.78. The second kappa shape index (κ2) is 4.45. The van der Waals surface area contributed by atoms with E-state index < -0.39 is 0 Å². The number of hydrogen-bond acceptors (Lipinski definition) is 2. The van der Waals surface area contributed by atoms with Crippen molar-refractivity contribution in [2.45, 2.75) is 19.9 Å². The zero-order chi connectivity index (χ0) is 11.5.